The second kappa shape index (κ2) is 8.85. The molecule has 26 heavy (non-hydrogen) atoms. The Hall–Kier alpha value is -2.34. The summed E-state index contributed by atoms with van der Waals surface area (Å²) in [5.41, 5.74) is 2.58. The van der Waals surface area contributed by atoms with Gasteiger partial charge in [-0.15, -0.1) is 0 Å². The third-order valence-corrected chi connectivity index (χ3v) is 5.48. The minimum atomic E-state index is -3.76. The number of carbonyl (C=O) groups excluding carboxylic acids is 1. The quantitative estimate of drug-likeness (QED) is 0.685. The first-order valence-electron chi connectivity index (χ1n) is 8.82. The van der Waals surface area contributed by atoms with Gasteiger partial charge in [0.15, 0.2) is 0 Å². The van der Waals surface area contributed by atoms with Crippen molar-refractivity contribution < 1.29 is 13.2 Å². The van der Waals surface area contributed by atoms with Gasteiger partial charge in [0.25, 0.3) is 15.9 Å². The molecule has 140 valence electrons. The molecular formula is C20H26N2O3S. The normalized spacial score (nSPS) is 11.2. The van der Waals surface area contributed by atoms with E-state index in [0.29, 0.717) is 17.8 Å². The maximum absolute atomic E-state index is 12.7. The van der Waals surface area contributed by atoms with E-state index >= 15 is 0 Å². The number of unbranched alkanes of at least 4 members (excludes halogenated alkanes) is 2. The summed E-state index contributed by atoms with van der Waals surface area (Å²) in [4.78, 5) is 12.5. The van der Waals surface area contributed by atoms with Gasteiger partial charge in [-0.3, -0.25) is 9.52 Å². The molecule has 2 aromatic carbocycles. The van der Waals surface area contributed by atoms with Crippen LogP contribution in [0.3, 0.4) is 0 Å². The van der Waals surface area contributed by atoms with Crippen LogP contribution in [0.1, 0.15) is 47.7 Å². The fraction of sp³-hybridized carbons (Fsp3) is 0.350. The van der Waals surface area contributed by atoms with Crippen LogP contribution in [-0.4, -0.2) is 20.9 Å². The maximum atomic E-state index is 12.7. The highest BCUT2D eigenvalue weighted by Gasteiger charge is 2.18. The molecule has 0 heterocycles. The lowest BCUT2D eigenvalue weighted by molar-refractivity contribution is 0.0952. The minimum absolute atomic E-state index is 0.0725. The Morgan fingerprint density at radius 2 is 1.81 bits per heavy atom. The number of carbonyl (C=O) groups is 1. The highest BCUT2D eigenvalue weighted by atomic mass is 32.2. The molecular weight excluding hydrogens is 348 g/mol. The van der Waals surface area contributed by atoms with Crippen molar-refractivity contribution in [2.24, 2.45) is 0 Å². The molecule has 0 atom stereocenters. The molecule has 0 aromatic heterocycles. The standard InChI is InChI=1S/C20H26N2O3S/c1-4-5-6-12-21-20(23)19-14-18(11-10-16(19)3)26(24,25)22-17-9-7-8-15(2)13-17/h7-11,13-14,22H,4-6,12H2,1-3H3,(H,21,23). The van der Waals surface area contributed by atoms with Crippen LogP contribution >= 0.6 is 0 Å². The maximum Gasteiger partial charge on any atom is 0.261 e. The number of amides is 1. The van der Waals surface area contributed by atoms with Gasteiger partial charge >= 0.3 is 0 Å². The fourth-order valence-corrected chi connectivity index (χ4v) is 3.68. The third-order valence-electron chi connectivity index (χ3n) is 4.10. The predicted octanol–water partition coefficient (Wildman–Crippen LogP) is 4.02. The Kier molecular flexibility index (Phi) is 6.80. The number of hydrogen-bond acceptors (Lipinski definition) is 3. The molecule has 2 rings (SSSR count). The molecule has 6 heteroatoms. The van der Waals surface area contributed by atoms with Crippen molar-refractivity contribution in [3.05, 3.63) is 59.2 Å². The van der Waals surface area contributed by atoms with Crippen molar-refractivity contribution >= 4 is 21.6 Å². The summed E-state index contributed by atoms with van der Waals surface area (Å²) < 4.78 is 27.9. The Morgan fingerprint density at radius 3 is 2.50 bits per heavy atom. The molecule has 0 bridgehead atoms. The van der Waals surface area contributed by atoms with Gasteiger partial charge in [-0.05, 0) is 55.7 Å². The topological polar surface area (TPSA) is 75.3 Å². The lowest BCUT2D eigenvalue weighted by atomic mass is 10.1. The van der Waals surface area contributed by atoms with E-state index in [2.05, 4.69) is 17.0 Å². The highest BCUT2D eigenvalue weighted by Crippen LogP contribution is 2.20. The molecule has 0 aliphatic rings. The van der Waals surface area contributed by atoms with Crippen molar-refractivity contribution in [1.82, 2.24) is 5.32 Å². The molecule has 0 aliphatic carbocycles. The van der Waals surface area contributed by atoms with E-state index in [-0.39, 0.29) is 10.8 Å². The summed E-state index contributed by atoms with van der Waals surface area (Å²) in [5, 5.41) is 2.86. The molecule has 5 nitrogen and oxygen atoms in total. The van der Waals surface area contributed by atoms with Gasteiger partial charge in [0.2, 0.25) is 0 Å². The van der Waals surface area contributed by atoms with E-state index in [1.54, 1.807) is 31.2 Å². The van der Waals surface area contributed by atoms with Crippen molar-refractivity contribution in [3.63, 3.8) is 0 Å². The number of nitrogens with one attached hydrogen (secondary N) is 2. The van der Waals surface area contributed by atoms with Crippen molar-refractivity contribution in [2.45, 2.75) is 44.9 Å². The summed E-state index contributed by atoms with van der Waals surface area (Å²) in [6.07, 6.45) is 3.04. The first kappa shape index (κ1) is 20.0. The van der Waals surface area contributed by atoms with Gasteiger partial charge in [0, 0.05) is 17.8 Å². The molecule has 0 saturated heterocycles. The number of benzene rings is 2. The predicted molar refractivity (Wildman–Crippen MR) is 105 cm³/mol. The molecule has 1 amide bonds. The van der Waals surface area contributed by atoms with E-state index in [0.717, 1.165) is 30.4 Å². The first-order chi connectivity index (χ1) is 12.3. The number of aryl methyl sites for hydroxylation is 2. The summed E-state index contributed by atoms with van der Waals surface area (Å²) in [7, 11) is -3.76. The number of hydrogen-bond donors (Lipinski definition) is 2. The zero-order valence-electron chi connectivity index (χ0n) is 15.5. The molecule has 0 unspecified atom stereocenters. The number of anilines is 1. The number of sulfonamides is 1. The van der Waals surface area contributed by atoms with Crippen molar-refractivity contribution in [3.8, 4) is 0 Å². The largest absolute Gasteiger partial charge is 0.352 e. The fourth-order valence-electron chi connectivity index (χ4n) is 2.61. The van der Waals surface area contributed by atoms with Crippen LogP contribution in [0.5, 0.6) is 0 Å². The second-order valence-electron chi connectivity index (χ2n) is 6.41. The number of rotatable bonds is 8. The second-order valence-corrected chi connectivity index (χ2v) is 8.10. The van der Waals surface area contributed by atoms with Crippen LogP contribution in [0.2, 0.25) is 0 Å². The molecule has 2 N–H and O–H groups in total. The van der Waals surface area contributed by atoms with Gasteiger partial charge in [-0.25, -0.2) is 8.42 Å². The van der Waals surface area contributed by atoms with E-state index in [4.69, 9.17) is 0 Å². The van der Waals surface area contributed by atoms with E-state index < -0.39 is 10.0 Å². The van der Waals surface area contributed by atoms with Crippen LogP contribution < -0.4 is 10.0 Å². The van der Waals surface area contributed by atoms with Gasteiger partial charge in [-0.2, -0.15) is 0 Å². The molecule has 2 aromatic rings. The van der Waals surface area contributed by atoms with Crippen molar-refractivity contribution in [1.29, 1.82) is 0 Å². The van der Waals surface area contributed by atoms with Crippen LogP contribution in [-0.2, 0) is 10.0 Å². The summed E-state index contributed by atoms with van der Waals surface area (Å²) in [6, 6.07) is 11.7. The Morgan fingerprint density at radius 1 is 1.04 bits per heavy atom. The average molecular weight is 375 g/mol. The first-order valence-corrected chi connectivity index (χ1v) is 10.3. The summed E-state index contributed by atoms with van der Waals surface area (Å²) in [5.74, 6) is -0.244. The zero-order valence-corrected chi connectivity index (χ0v) is 16.3. The SMILES string of the molecule is CCCCCNC(=O)c1cc(S(=O)(=O)Nc2cccc(C)c2)ccc1C. The lowest BCUT2D eigenvalue weighted by Crippen LogP contribution is -2.25. The Labute approximate surface area is 155 Å². The lowest BCUT2D eigenvalue weighted by Gasteiger charge is -2.12. The monoisotopic (exact) mass is 374 g/mol. The van der Waals surface area contributed by atoms with Crippen LogP contribution in [0.15, 0.2) is 47.4 Å². The molecule has 0 spiro atoms. The minimum Gasteiger partial charge on any atom is -0.352 e. The van der Waals surface area contributed by atoms with Crippen LogP contribution in [0.4, 0.5) is 5.69 Å². The van der Waals surface area contributed by atoms with E-state index in [1.807, 2.05) is 13.0 Å². The summed E-state index contributed by atoms with van der Waals surface area (Å²) >= 11 is 0. The van der Waals surface area contributed by atoms with Gasteiger partial charge in [0.05, 0.1) is 4.90 Å². The van der Waals surface area contributed by atoms with E-state index in [1.165, 1.54) is 12.1 Å². The van der Waals surface area contributed by atoms with Crippen molar-refractivity contribution in [2.75, 3.05) is 11.3 Å². The summed E-state index contributed by atoms with van der Waals surface area (Å²) in [6.45, 7) is 6.38. The average Bonchev–Trinajstić information content (AvgIpc) is 2.58. The van der Waals surface area contributed by atoms with Gasteiger partial charge in [0.1, 0.15) is 0 Å². The van der Waals surface area contributed by atoms with Crippen LogP contribution in [0.25, 0.3) is 0 Å². The Balaban J connectivity index is 2.20. The van der Waals surface area contributed by atoms with E-state index in [9.17, 15) is 13.2 Å². The van der Waals surface area contributed by atoms with Gasteiger partial charge < -0.3 is 5.32 Å². The molecule has 0 fully saturated rings. The molecule has 0 aliphatic heterocycles. The third kappa shape index (κ3) is 5.33. The van der Waals surface area contributed by atoms with Gasteiger partial charge in [-0.1, -0.05) is 38.0 Å². The zero-order chi connectivity index (χ0) is 19.2. The van der Waals surface area contributed by atoms with Crippen LogP contribution in [0, 0.1) is 13.8 Å². The highest BCUT2D eigenvalue weighted by molar-refractivity contribution is 7.92. The Bertz CT molecular complexity index is 876. The molecule has 0 radical (unpaired) electrons. The smallest absolute Gasteiger partial charge is 0.261 e. The molecule has 0 saturated carbocycles.